The number of hydrogen-bond acceptors (Lipinski definition) is 3. The fraction of sp³-hybridized carbons (Fsp3) is 0.0769. The third-order valence-electron chi connectivity index (χ3n) is 2.66. The summed E-state index contributed by atoms with van der Waals surface area (Å²) in [4.78, 5) is -0.438. The van der Waals surface area contributed by atoms with E-state index >= 15 is 0 Å². The van der Waals surface area contributed by atoms with Gasteiger partial charge in [-0.05, 0) is 35.9 Å². The highest BCUT2D eigenvalue weighted by atomic mass is 79.9. The molecule has 0 unspecified atom stereocenters. The molecule has 0 heterocycles. The normalized spacial score (nSPS) is 11.4. The lowest BCUT2D eigenvalue weighted by molar-refractivity contribution is 0.278. The van der Waals surface area contributed by atoms with Gasteiger partial charge in [-0.15, -0.1) is 0 Å². The van der Waals surface area contributed by atoms with Crippen molar-refractivity contribution in [2.75, 3.05) is 4.72 Å². The van der Waals surface area contributed by atoms with E-state index in [2.05, 4.69) is 15.9 Å². The molecule has 0 aromatic heterocycles. The Kier molecular flexibility index (Phi) is 4.60. The third kappa shape index (κ3) is 3.58. The predicted octanol–water partition coefficient (Wildman–Crippen LogP) is 3.02. The van der Waals surface area contributed by atoms with Gasteiger partial charge in [-0.3, -0.25) is 4.72 Å². The first-order chi connectivity index (χ1) is 9.83. The van der Waals surface area contributed by atoms with Crippen LogP contribution in [0, 0.1) is 11.6 Å². The van der Waals surface area contributed by atoms with E-state index in [0.29, 0.717) is 4.47 Å². The van der Waals surface area contributed by atoms with E-state index in [4.69, 9.17) is 5.11 Å². The maximum absolute atomic E-state index is 13.7. The Hall–Kier alpha value is -1.51. The first-order valence-corrected chi connectivity index (χ1v) is 7.98. The number of hydrogen-bond donors (Lipinski definition) is 2. The third-order valence-corrected chi connectivity index (χ3v) is 4.61. The molecular formula is C13H10BrF2NO3S. The average Bonchev–Trinajstić information content (AvgIpc) is 2.42. The van der Waals surface area contributed by atoms with Crippen LogP contribution in [0.25, 0.3) is 0 Å². The second kappa shape index (κ2) is 6.08. The molecule has 0 aliphatic rings. The minimum absolute atomic E-state index is 0.0152. The topological polar surface area (TPSA) is 66.4 Å². The molecule has 0 saturated heterocycles. The van der Waals surface area contributed by atoms with Crippen LogP contribution in [0.5, 0.6) is 0 Å². The zero-order valence-electron chi connectivity index (χ0n) is 10.5. The maximum atomic E-state index is 13.7. The van der Waals surface area contributed by atoms with Crippen LogP contribution in [0.15, 0.2) is 45.8 Å². The van der Waals surface area contributed by atoms with Gasteiger partial charge in [-0.2, -0.15) is 0 Å². The molecule has 4 nitrogen and oxygen atoms in total. The van der Waals surface area contributed by atoms with Crippen LogP contribution in [-0.4, -0.2) is 13.5 Å². The largest absolute Gasteiger partial charge is 0.392 e. The Morgan fingerprint density at radius 3 is 2.48 bits per heavy atom. The van der Waals surface area contributed by atoms with Crippen molar-refractivity contribution in [3.63, 3.8) is 0 Å². The smallest absolute Gasteiger partial charge is 0.262 e. The molecule has 0 saturated carbocycles. The van der Waals surface area contributed by atoms with E-state index in [0.717, 1.165) is 24.3 Å². The number of benzene rings is 2. The molecule has 2 aromatic carbocycles. The highest BCUT2D eigenvalue weighted by Gasteiger charge is 2.20. The first-order valence-electron chi connectivity index (χ1n) is 5.70. The lowest BCUT2D eigenvalue weighted by atomic mass is 10.2. The summed E-state index contributed by atoms with van der Waals surface area (Å²) in [6.45, 7) is -0.584. The molecule has 0 fully saturated rings. The summed E-state index contributed by atoms with van der Waals surface area (Å²) >= 11 is 3.05. The van der Waals surface area contributed by atoms with Crippen LogP contribution < -0.4 is 4.72 Å². The molecule has 2 N–H and O–H groups in total. The number of halogens is 3. The number of aliphatic hydroxyl groups excluding tert-OH is 1. The number of rotatable bonds is 4. The van der Waals surface area contributed by atoms with Crippen molar-refractivity contribution in [2.24, 2.45) is 0 Å². The fourth-order valence-corrected chi connectivity index (χ4v) is 3.32. The van der Waals surface area contributed by atoms with Gasteiger partial charge < -0.3 is 5.11 Å². The Labute approximate surface area is 128 Å². The average molecular weight is 378 g/mol. The van der Waals surface area contributed by atoms with Gasteiger partial charge in [-0.1, -0.05) is 22.0 Å². The van der Waals surface area contributed by atoms with Crippen molar-refractivity contribution in [3.05, 3.63) is 58.1 Å². The van der Waals surface area contributed by atoms with Gasteiger partial charge in [0.2, 0.25) is 0 Å². The van der Waals surface area contributed by atoms with Crippen LogP contribution in [-0.2, 0) is 16.6 Å². The van der Waals surface area contributed by atoms with Gasteiger partial charge >= 0.3 is 0 Å². The van der Waals surface area contributed by atoms with Crippen molar-refractivity contribution in [1.82, 2.24) is 0 Å². The Bertz CT molecular complexity index is 781. The molecule has 2 aromatic rings. The summed E-state index contributed by atoms with van der Waals surface area (Å²) in [6, 6.07) is 6.74. The van der Waals surface area contributed by atoms with Gasteiger partial charge in [0.15, 0.2) is 0 Å². The quantitative estimate of drug-likeness (QED) is 0.860. The minimum atomic E-state index is -4.22. The molecule has 0 amide bonds. The van der Waals surface area contributed by atoms with E-state index in [1.165, 1.54) is 12.1 Å². The van der Waals surface area contributed by atoms with Crippen LogP contribution in [0.4, 0.5) is 14.5 Å². The summed E-state index contributed by atoms with van der Waals surface area (Å²) in [5.74, 6) is -1.56. The molecule has 0 bridgehead atoms. The van der Waals surface area contributed by atoms with Gasteiger partial charge in [-0.25, -0.2) is 17.2 Å². The van der Waals surface area contributed by atoms with Gasteiger partial charge in [0.05, 0.1) is 17.2 Å². The first kappa shape index (κ1) is 15.9. The molecule has 0 aliphatic carbocycles. The van der Waals surface area contributed by atoms with Crippen molar-refractivity contribution in [1.29, 1.82) is 0 Å². The number of anilines is 1. The monoisotopic (exact) mass is 377 g/mol. The van der Waals surface area contributed by atoms with Crippen LogP contribution in [0.3, 0.4) is 0 Å². The van der Waals surface area contributed by atoms with Crippen LogP contribution in [0.2, 0.25) is 0 Å². The lowest BCUT2D eigenvalue weighted by Gasteiger charge is -2.12. The molecule has 0 aliphatic heterocycles. The van der Waals surface area contributed by atoms with Crippen molar-refractivity contribution in [3.8, 4) is 0 Å². The van der Waals surface area contributed by atoms with E-state index in [9.17, 15) is 17.2 Å². The number of sulfonamides is 1. The molecule has 0 atom stereocenters. The van der Waals surface area contributed by atoms with Crippen LogP contribution >= 0.6 is 15.9 Å². The van der Waals surface area contributed by atoms with E-state index in [1.54, 1.807) is 0 Å². The van der Waals surface area contributed by atoms with E-state index in [1.807, 2.05) is 4.72 Å². The standard InChI is InChI=1S/C13H10BrF2NO3S/c14-9-2-4-12(11(16)5-9)17-21(19,20)13-6-10(15)3-1-8(13)7-18/h1-6,17-18H,7H2. The molecular weight excluding hydrogens is 368 g/mol. The molecule has 0 spiro atoms. The van der Waals surface area contributed by atoms with Crippen LogP contribution in [0.1, 0.15) is 5.56 Å². The number of aliphatic hydroxyl groups is 1. The van der Waals surface area contributed by atoms with Gasteiger partial charge in [0.1, 0.15) is 11.6 Å². The highest BCUT2D eigenvalue weighted by molar-refractivity contribution is 9.10. The summed E-state index contributed by atoms with van der Waals surface area (Å²) in [5.41, 5.74) is -0.257. The molecule has 8 heteroatoms. The SMILES string of the molecule is O=S(=O)(Nc1ccc(Br)cc1F)c1cc(F)ccc1CO. The fourth-order valence-electron chi connectivity index (χ4n) is 1.68. The minimum Gasteiger partial charge on any atom is -0.392 e. The molecule has 21 heavy (non-hydrogen) atoms. The Balaban J connectivity index is 2.45. The summed E-state index contributed by atoms with van der Waals surface area (Å²) in [5, 5.41) is 9.13. The van der Waals surface area contributed by atoms with E-state index < -0.39 is 33.2 Å². The summed E-state index contributed by atoms with van der Waals surface area (Å²) < 4.78 is 53.8. The lowest BCUT2D eigenvalue weighted by Crippen LogP contribution is -2.16. The van der Waals surface area contributed by atoms with Crippen molar-refractivity contribution < 1.29 is 22.3 Å². The maximum Gasteiger partial charge on any atom is 0.262 e. The molecule has 0 radical (unpaired) electrons. The van der Waals surface area contributed by atoms with Gasteiger partial charge in [0, 0.05) is 4.47 Å². The number of nitrogens with one attached hydrogen (secondary N) is 1. The van der Waals surface area contributed by atoms with E-state index in [-0.39, 0.29) is 11.3 Å². The van der Waals surface area contributed by atoms with Gasteiger partial charge in [0.25, 0.3) is 10.0 Å². The second-order valence-electron chi connectivity index (χ2n) is 4.14. The Morgan fingerprint density at radius 1 is 1.14 bits per heavy atom. The highest BCUT2D eigenvalue weighted by Crippen LogP contribution is 2.24. The van der Waals surface area contributed by atoms with Crippen molar-refractivity contribution in [2.45, 2.75) is 11.5 Å². The predicted molar refractivity (Wildman–Crippen MR) is 77.2 cm³/mol. The zero-order valence-corrected chi connectivity index (χ0v) is 12.9. The Morgan fingerprint density at radius 2 is 1.86 bits per heavy atom. The molecule has 2 rings (SSSR count). The zero-order chi connectivity index (χ0) is 15.6. The summed E-state index contributed by atoms with van der Waals surface area (Å²) in [7, 11) is -4.22. The van der Waals surface area contributed by atoms with Crippen molar-refractivity contribution >= 4 is 31.6 Å². The second-order valence-corrected chi connectivity index (χ2v) is 6.71. The molecule has 112 valence electrons. The summed E-state index contributed by atoms with van der Waals surface area (Å²) in [6.07, 6.45) is 0.